The highest BCUT2D eigenvalue weighted by Gasteiger charge is 2.11. The van der Waals surface area contributed by atoms with Crippen LogP contribution in [-0.4, -0.2) is 23.7 Å². The lowest BCUT2D eigenvalue weighted by molar-refractivity contribution is -0.141. The average molecular weight is 285 g/mol. The molecule has 0 bridgehead atoms. The fraction of sp³-hybridized carbons (Fsp3) is 0.385. The zero-order valence-electron chi connectivity index (χ0n) is 10.9. The first-order chi connectivity index (χ1) is 8.90. The number of carboxylic acid groups (broad SMARTS) is 1. The van der Waals surface area contributed by atoms with Crippen LogP contribution in [0.1, 0.15) is 18.9 Å². The van der Waals surface area contributed by atoms with Crippen LogP contribution in [0.5, 0.6) is 0 Å². The Hall–Kier alpha value is -1.75. The van der Waals surface area contributed by atoms with E-state index in [4.69, 9.17) is 16.7 Å². The van der Waals surface area contributed by atoms with E-state index < -0.39 is 17.9 Å². The third-order valence-corrected chi connectivity index (χ3v) is 2.97. The van der Waals surface area contributed by atoms with Crippen LogP contribution >= 0.6 is 11.6 Å². The maximum Gasteiger partial charge on any atom is 0.319 e. The Morgan fingerprint density at radius 1 is 1.42 bits per heavy atom. The highest BCUT2D eigenvalue weighted by atomic mass is 35.5. The summed E-state index contributed by atoms with van der Waals surface area (Å²) >= 11 is 5.98. The molecule has 2 amide bonds. The molecule has 1 aromatic rings. The van der Waals surface area contributed by atoms with Crippen LogP contribution in [0.15, 0.2) is 18.2 Å². The Morgan fingerprint density at radius 2 is 2.11 bits per heavy atom. The van der Waals surface area contributed by atoms with Gasteiger partial charge >= 0.3 is 12.0 Å². The fourth-order valence-electron chi connectivity index (χ4n) is 1.41. The predicted octanol–water partition coefficient (Wildman–Crippen LogP) is 2.88. The minimum atomic E-state index is -0.871. The number of halogens is 1. The summed E-state index contributed by atoms with van der Waals surface area (Å²) in [7, 11) is 0. The van der Waals surface area contributed by atoms with Crippen molar-refractivity contribution in [2.75, 3.05) is 11.9 Å². The van der Waals surface area contributed by atoms with Crippen LogP contribution in [0.25, 0.3) is 0 Å². The second-order valence-electron chi connectivity index (χ2n) is 4.39. The second kappa shape index (κ2) is 6.99. The molecule has 6 heteroatoms. The summed E-state index contributed by atoms with van der Waals surface area (Å²) in [5, 5.41) is 14.4. The third-order valence-electron chi connectivity index (χ3n) is 2.66. The van der Waals surface area contributed by atoms with Gasteiger partial charge in [-0.2, -0.15) is 0 Å². The van der Waals surface area contributed by atoms with Gasteiger partial charge in [0.1, 0.15) is 0 Å². The molecule has 1 atom stereocenters. The lowest BCUT2D eigenvalue weighted by atomic mass is 10.1. The van der Waals surface area contributed by atoms with E-state index in [-0.39, 0.29) is 0 Å². The Bertz CT molecular complexity index is 477. The van der Waals surface area contributed by atoms with E-state index >= 15 is 0 Å². The van der Waals surface area contributed by atoms with Gasteiger partial charge in [-0.3, -0.25) is 4.79 Å². The molecule has 104 valence electrons. The van der Waals surface area contributed by atoms with Crippen molar-refractivity contribution in [1.82, 2.24) is 5.32 Å². The van der Waals surface area contributed by atoms with E-state index in [0.29, 0.717) is 23.7 Å². The molecule has 0 radical (unpaired) electrons. The van der Waals surface area contributed by atoms with Gasteiger partial charge in [0.25, 0.3) is 0 Å². The highest BCUT2D eigenvalue weighted by Crippen LogP contribution is 2.22. The van der Waals surface area contributed by atoms with Crippen LogP contribution in [0.2, 0.25) is 5.02 Å². The quantitative estimate of drug-likeness (QED) is 0.778. The molecule has 5 nitrogen and oxygen atoms in total. The van der Waals surface area contributed by atoms with Crippen molar-refractivity contribution in [1.29, 1.82) is 0 Å². The molecule has 0 aromatic heterocycles. The van der Waals surface area contributed by atoms with Crippen molar-refractivity contribution < 1.29 is 14.7 Å². The number of carbonyl (C=O) groups excluding carboxylic acids is 1. The topological polar surface area (TPSA) is 78.4 Å². The Labute approximate surface area is 117 Å². The molecule has 0 fully saturated rings. The van der Waals surface area contributed by atoms with Crippen molar-refractivity contribution >= 4 is 29.3 Å². The van der Waals surface area contributed by atoms with Gasteiger partial charge < -0.3 is 15.7 Å². The lowest BCUT2D eigenvalue weighted by Gasteiger charge is -2.10. The zero-order valence-corrected chi connectivity index (χ0v) is 11.6. The number of benzene rings is 1. The first-order valence-corrected chi connectivity index (χ1v) is 6.31. The number of anilines is 1. The Morgan fingerprint density at radius 3 is 2.68 bits per heavy atom. The maximum absolute atomic E-state index is 11.6. The van der Waals surface area contributed by atoms with Gasteiger partial charge in [-0.25, -0.2) is 4.79 Å². The Balaban J connectivity index is 2.41. The minimum absolute atomic E-state index is 0.294. The lowest BCUT2D eigenvalue weighted by Crippen LogP contribution is -2.31. The van der Waals surface area contributed by atoms with E-state index in [1.165, 1.54) is 0 Å². The van der Waals surface area contributed by atoms with Gasteiger partial charge in [-0.05, 0) is 31.0 Å². The van der Waals surface area contributed by atoms with Crippen LogP contribution < -0.4 is 10.6 Å². The molecule has 1 aromatic carbocycles. The number of nitrogens with one attached hydrogen (secondary N) is 2. The molecule has 19 heavy (non-hydrogen) atoms. The van der Waals surface area contributed by atoms with Crippen molar-refractivity contribution in [2.24, 2.45) is 5.92 Å². The van der Waals surface area contributed by atoms with Crippen molar-refractivity contribution in [2.45, 2.75) is 20.3 Å². The molecule has 1 unspecified atom stereocenters. The molecular formula is C13H17ClN2O3. The highest BCUT2D eigenvalue weighted by molar-refractivity contribution is 6.33. The fourth-order valence-corrected chi connectivity index (χ4v) is 1.70. The zero-order chi connectivity index (χ0) is 14.4. The largest absolute Gasteiger partial charge is 0.481 e. The summed E-state index contributed by atoms with van der Waals surface area (Å²) in [6.45, 7) is 3.80. The van der Waals surface area contributed by atoms with E-state index in [1.54, 1.807) is 19.1 Å². The monoisotopic (exact) mass is 284 g/mol. The first-order valence-electron chi connectivity index (χ1n) is 5.94. The SMILES string of the molecule is Cc1ccc(NC(=O)NCCC(C)C(=O)O)c(Cl)c1. The van der Waals surface area contributed by atoms with Crippen molar-refractivity contribution in [3.63, 3.8) is 0 Å². The van der Waals surface area contributed by atoms with Gasteiger partial charge in [-0.1, -0.05) is 24.6 Å². The molecule has 1 rings (SSSR count). The second-order valence-corrected chi connectivity index (χ2v) is 4.80. The standard InChI is InChI=1S/C13H17ClN2O3/c1-8-3-4-11(10(14)7-8)16-13(19)15-6-5-9(2)12(17)18/h3-4,7,9H,5-6H2,1-2H3,(H,17,18)(H2,15,16,19). The number of carboxylic acids is 1. The molecule has 0 aliphatic rings. The number of hydrogen-bond donors (Lipinski definition) is 3. The van der Waals surface area contributed by atoms with Crippen LogP contribution in [0, 0.1) is 12.8 Å². The summed E-state index contributed by atoms with van der Waals surface area (Å²) in [5.41, 5.74) is 1.53. The number of carbonyl (C=O) groups is 2. The molecular weight excluding hydrogens is 268 g/mol. The molecule has 0 aliphatic carbocycles. The summed E-state index contributed by atoms with van der Waals surface area (Å²) in [5.74, 6) is -1.35. The van der Waals surface area contributed by atoms with Crippen LogP contribution in [0.4, 0.5) is 10.5 Å². The van der Waals surface area contributed by atoms with E-state index in [2.05, 4.69) is 10.6 Å². The average Bonchev–Trinajstić information content (AvgIpc) is 2.32. The summed E-state index contributed by atoms with van der Waals surface area (Å²) in [6.07, 6.45) is 0.379. The van der Waals surface area contributed by atoms with Crippen molar-refractivity contribution in [3.05, 3.63) is 28.8 Å². The maximum atomic E-state index is 11.6. The van der Waals surface area contributed by atoms with Crippen LogP contribution in [0.3, 0.4) is 0 Å². The Kier molecular flexibility index (Phi) is 5.63. The van der Waals surface area contributed by atoms with Gasteiger partial charge in [0.15, 0.2) is 0 Å². The molecule has 0 heterocycles. The summed E-state index contributed by atoms with van der Waals surface area (Å²) in [4.78, 5) is 22.2. The number of hydrogen-bond acceptors (Lipinski definition) is 2. The number of urea groups is 1. The summed E-state index contributed by atoms with van der Waals surface area (Å²) in [6, 6.07) is 4.91. The van der Waals surface area contributed by atoms with Crippen LogP contribution in [-0.2, 0) is 4.79 Å². The molecule has 0 saturated carbocycles. The van der Waals surface area contributed by atoms with E-state index in [0.717, 1.165) is 5.56 Å². The van der Waals surface area contributed by atoms with Gasteiger partial charge in [0.05, 0.1) is 16.6 Å². The first kappa shape index (κ1) is 15.3. The molecule has 0 aliphatic heterocycles. The van der Waals surface area contributed by atoms with E-state index in [9.17, 15) is 9.59 Å². The molecule has 0 spiro atoms. The number of aliphatic carboxylic acids is 1. The van der Waals surface area contributed by atoms with E-state index in [1.807, 2.05) is 13.0 Å². The number of aryl methyl sites for hydroxylation is 1. The van der Waals surface area contributed by atoms with Gasteiger partial charge in [-0.15, -0.1) is 0 Å². The predicted molar refractivity (Wildman–Crippen MR) is 74.6 cm³/mol. The normalized spacial score (nSPS) is 11.7. The molecule has 0 saturated heterocycles. The van der Waals surface area contributed by atoms with Crippen molar-refractivity contribution in [3.8, 4) is 0 Å². The minimum Gasteiger partial charge on any atom is -0.481 e. The smallest absolute Gasteiger partial charge is 0.319 e. The summed E-state index contributed by atoms with van der Waals surface area (Å²) < 4.78 is 0. The molecule has 3 N–H and O–H groups in total. The third kappa shape index (κ3) is 5.18. The number of rotatable bonds is 5. The van der Waals surface area contributed by atoms with Gasteiger partial charge in [0.2, 0.25) is 0 Å². The number of amides is 2. The van der Waals surface area contributed by atoms with Gasteiger partial charge in [0, 0.05) is 6.54 Å².